The van der Waals surface area contributed by atoms with E-state index in [2.05, 4.69) is 240 Å². The van der Waals surface area contributed by atoms with Crippen LogP contribution in [0, 0.1) is 13.8 Å². The van der Waals surface area contributed by atoms with E-state index in [1.54, 1.807) is 0 Å². The summed E-state index contributed by atoms with van der Waals surface area (Å²) in [6.45, 7) is 4.47. The smallest absolute Gasteiger partial charge is 0.0748 e. The summed E-state index contributed by atoms with van der Waals surface area (Å²) in [6, 6.07) is 77.4. The third-order valence-corrected chi connectivity index (χ3v) is 14.4. The summed E-state index contributed by atoms with van der Waals surface area (Å²) in [5.74, 6) is 0. The van der Waals surface area contributed by atoms with Crippen LogP contribution in [0.25, 0.3) is 22.3 Å². The SMILES string of the molecule is Cc1ccc2c(c1)C1(c3cc(C)ccc3N2c2ccccc2)c2ccccc2C2(c3ccccc3N(c3cc(-c4ccncc4)cc(-c4ccncc4)c3)c3ccccc32)c2ccccc21. The first-order chi connectivity index (χ1) is 32.6. The van der Waals surface area contributed by atoms with E-state index in [0.29, 0.717) is 0 Å². The van der Waals surface area contributed by atoms with Crippen molar-refractivity contribution < 1.29 is 0 Å². The van der Waals surface area contributed by atoms with Gasteiger partial charge in [-0.1, -0.05) is 139 Å². The maximum atomic E-state index is 4.37. The first kappa shape index (κ1) is 38.1. The summed E-state index contributed by atoms with van der Waals surface area (Å²) in [7, 11) is 0. The first-order valence-corrected chi connectivity index (χ1v) is 22.8. The van der Waals surface area contributed by atoms with Crippen molar-refractivity contribution in [2.45, 2.75) is 24.7 Å². The Morgan fingerprint density at radius 2 is 0.652 bits per heavy atom. The maximum Gasteiger partial charge on any atom is 0.0748 e. The number of pyridine rings is 2. The quantitative estimate of drug-likeness (QED) is 0.177. The van der Waals surface area contributed by atoms with Gasteiger partial charge in [-0.2, -0.15) is 0 Å². The summed E-state index contributed by atoms with van der Waals surface area (Å²) < 4.78 is 0. The first-order valence-electron chi connectivity index (χ1n) is 22.8. The van der Waals surface area contributed by atoms with Crippen LogP contribution < -0.4 is 9.80 Å². The predicted octanol–water partition coefficient (Wildman–Crippen LogP) is 15.1. The van der Waals surface area contributed by atoms with Crippen LogP contribution in [0.4, 0.5) is 34.1 Å². The number of hydrogen-bond donors (Lipinski definition) is 0. The molecule has 4 heteroatoms. The number of para-hydroxylation sites is 3. The number of nitrogens with zero attached hydrogens (tertiary/aromatic N) is 4. The van der Waals surface area contributed by atoms with Crippen molar-refractivity contribution in [3.05, 3.63) is 287 Å². The zero-order valence-electron chi connectivity index (χ0n) is 36.7. The fourth-order valence-corrected chi connectivity index (χ4v) is 11.8. The molecular weight excluding hydrogens is 801 g/mol. The molecule has 0 unspecified atom stereocenters. The molecule has 0 saturated heterocycles. The molecular formula is C62H44N4. The molecule has 2 aliphatic heterocycles. The fourth-order valence-electron chi connectivity index (χ4n) is 11.8. The van der Waals surface area contributed by atoms with Gasteiger partial charge < -0.3 is 9.80 Å². The van der Waals surface area contributed by atoms with E-state index in [4.69, 9.17) is 0 Å². The van der Waals surface area contributed by atoms with Gasteiger partial charge in [-0.25, -0.2) is 0 Å². The molecule has 8 aromatic carbocycles. The van der Waals surface area contributed by atoms with Crippen LogP contribution in [0.3, 0.4) is 0 Å². The summed E-state index contributed by atoms with van der Waals surface area (Å²) in [6.07, 6.45) is 7.50. The Morgan fingerprint density at radius 1 is 0.288 bits per heavy atom. The molecule has 13 rings (SSSR count). The van der Waals surface area contributed by atoms with Crippen molar-refractivity contribution in [1.82, 2.24) is 9.97 Å². The van der Waals surface area contributed by atoms with Crippen molar-refractivity contribution in [1.29, 1.82) is 0 Å². The molecule has 4 nitrogen and oxygen atoms in total. The molecule has 0 radical (unpaired) electrons. The lowest BCUT2D eigenvalue weighted by molar-refractivity contribution is 0.607. The molecule has 2 spiro atoms. The summed E-state index contributed by atoms with van der Waals surface area (Å²) in [5, 5.41) is 0. The average Bonchev–Trinajstić information content (AvgIpc) is 3.38. The van der Waals surface area contributed by atoms with Gasteiger partial charge >= 0.3 is 0 Å². The molecule has 66 heavy (non-hydrogen) atoms. The zero-order valence-corrected chi connectivity index (χ0v) is 36.7. The minimum Gasteiger partial charge on any atom is -0.310 e. The normalized spacial score (nSPS) is 14.4. The number of hydrogen-bond acceptors (Lipinski definition) is 4. The van der Waals surface area contributed by atoms with Gasteiger partial charge in [-0.15, -0.1) is 0 Å². The molecule has 4 heterocycles. The van der Waals surface area contributed by atoms with Crippen LogP contribution in [0.2, 0.25) is 0 Å². The number of aryl methyl sites for hydroxylation is 2. The van der Waals surface area contributed by atoms with Crippen LogP contribution in [-0.2, 0) is 10.8 Å². The maximum absolute atomic E-state index is 4.37. The Labute approximate surface area is 385 Å². The van der Waals surface area contributed by atoms with Crippen molar-refractivity contribution in [2.24, 2.45) is 0 Å². The highest BCUT2D eigenvalue weighted by Crippen LogP contribution is 2.68. The minimum absolute atomic E-state index is 0.647. The second-order valence-electron chi connectivity index (χ2n) is 17.9. The molecule has 0 atom stereocenters. The van der Waals surface area contributed by atoms with Crippen LogP contribution >= 0.6 is 0 Å². The third-order valence-electron chi connectivity index (χ3n) is 14.4. The second-order valence-corrected chi connectivity index (χ2v) is 17.9. The van der Waals surface area contributed by atoms with Gasteiger partial charge in [0.05, 0.1) is 33.6 Å². The number of benzene rings is 8. The largest absolute Gasteiger partial charge is 0.310 e. The van der Waals surface area contributed by atoms with E-state index in [1.165, 1.54) is 67.0 Å². The van der Waals surface area contributed by atoms with E-state index in [9.17, 15) is 0 Å². The topological polar surface area (TPSA) is 32.3 Å². The highest BCUT2D eigenvalue weighted by molar-refractivity contribution is 5.96. The summed E-state index contributed by atoms with van der Waals surface area (Å²) in [4.78, 5) is 13.7. The molecule has 2 aromatic heterocycles. The Balaban J connectivity index is 1.13. The predicted molar refractivity (Wildman–Crippen MR) is 269 cm³/mol. The third kappa shape index (κ3) is 5.27. The van der Waals surface area contributed by atoms with Gasteiger partial charge in [0.25, 0.3) is 0 Å². The molecule has 0 amide bonds. The Hall–Kier alpha value is -8.34. The molecule has 1 aliphatic carbocycles. The van der Waals surface area contributed by atoms with Crippen molar-refractivity contribution >= 4 is 34.1 Å². The van der Waals surface area contributed by atoms with Crippen molar-refractivity contribution in [2.75, 3.05) is 9.80 Å². The monoisotopic (exact) mass is 844 g/mol. The van der Waals surface area contributed by atoms with Crippen LogP contribution in [0.1, 0.15) is 55.6 Å². The number of fused-ring (bicyclic) bond motifs is 14. The number of aromatic nitrogens is 2. The van der Waals surface area contributed by atoms with Gasteiger partial charge in [0.1, 0.15) is 0 Å². The lowest BCUT2D eigenvalue weighted by atomic mass is 9.49. The van der Waals surface area contributed by atoms with E-state index in [1.807, 2.05) is 24.8 Å². The molecule has 312 valence electrons. The van der Waals surface area contributed by atoms with Gasteiger partial charge in [0.2, 0.25) is 0 Å². The lowest BCUT2D eigenvalue weighted by Crippen LogP contribution is -2.49. The van der Waals surface area contributed by atoms with Crippen molar-refractivity contribution in [3.8, 4) is 22.3 Å². The highest BCUT2D eigenvalue weighted by atomic mass is 15.2. The van der Waals surface area contributed by atoms with E-state index >= 15 is 0 Å². The Kier molecular flexibility index (Phi) is 8.44. The number of anilines is 6. The molecule has 10 aromatic rings. The summed E-state index contributed by atoms with van der Waals surface area (Å²) >= 11 is 0. The van der Waals surface area contributed by atoms with Crippen molar-refractivity contribution in [3.63, 3.8) is 0 Å². The molecule has 0 bridgehead atoms. The zero-order chi connectivity index (χ0) is 44.0. The highest BCUT2D eigenvalue weighted by Gasteiger charge is 2.59. The Morgan fingerprint density at radius 3 is 1.11 bits per heavy atom. The van der Waals surface area contributed by atoms with E-state index in [-0.39, 0.29) is 0 Å². The molecule has 3 aliphatic rings. The molecule has 0 fully saturated rings. The second kappa shape index (κ2) is 14.6. The van der Waals surface area contributed by atoms with Crippen LogP contribution in [0.15, 0.2) is 231 Å². The minimum atomic E-state index is -0.677. The van der Waals surface area contributed by atoms with Gasteiger partial charge in [-0.3, -0.25) is 9.97 Å². The standard InChI is InChI=1S/C62H44N4/c1-41-24-26-59-55(36-41)62(56-37-42(2)25-27-60(56)65(59)47-14-4-3-5-15-47)51-18-8-6-16-49(51)61(50-17-7-9-19-52(50)62)53-20-10-12-22-57(53)66(58-23-13-11-21-54(58)61)48-39-45(43-28-32-63-33-29-43)38-46(40-48)44-30-34-64-35-31-44/h3-40H,1-2H3. The number of rotatable bonds is 4. The Bertz CT molecular complexity index is 3310. The lowest BCUT2D eigenvalue weighted by Gasteiger charge is -2.56. The van der Waals surface area contributed by atoms with E-state index in [0.717, 1.165) is 45.0 Å². The average molecular weight is 845 g/mol. The fraction of sp³-hybridized carbons (Fsp3) is 0.0645. The molecule has 0 saturated carbocycles. The van der Waals surface area contributed by atoms with Crippen LogP contribution in [0.5, 0.6) is 0 Å². The van der Waals surface area contributed by atoms with Gasteiger partial charge in [-0.05, 0) is 159 Å². The van der Waals surface area contributed by atoms with Gasteiger partial charge in [0.15, 0.2) is 0 Å². The van der Waals surface area contributed by atoms with E-state index < -0.39 is 10.8 Å². The summed E-state index contributed by atoms with van der Waals surface area (Å²) in [5.41, 5.74) is 22.8. The van der Waals surface area contributed by atoms with Gasteiger partial charge in [0, 0.05) is 36.2 Å². The van der Waals surface area contributed by atoms with Crippen LogP contribution in [-0.4, -0.2) is 9.97 Å². The molecule has 0 N–H and O–H groups in total.